The lowest BCUT2D eigenvalue weighted by molar-refractivity contribution is 0.0696. The number of carboxylic acids is 1. The van der Waals surface area contributed by atoms with Crippen molar-refractivity contribution in [3.8, 4) is 0 Å². The number of aryl methyl sites for hydroxylation is 1. The van der Waals surface area contributed by atoms with Crippen LogP contribution >= 0.6 is 0 Å². The van der Waals surface area contributed by atoms with Gasteiger partial charge in [0.05, 0.1) is 5.56 Å². The normalized spacial score (nSPS) is 9.95. The van der Waals surface area contributed by atoms with Gasteiger partial charge >= 0.3 is 5.97 Å². The van der Waals surface area contributed by atoms with E-state index in [4.69, 9.17) is 5.11 Å². The molecule has 0 heterocycles. The van der Waals surface area contributed by atoms with Gasteiger partial charge in [-0.15, -0.1) is 0 Å². The molecule has 2 aromatic rings. The fourth-order valence-electron chi connectivity index (χ4n) is 1.60. The Kier molecular flexibility index (Phi) is 3.61. The number of carboxylic acid groups (broad SMARTS) is 1. The lowest BCUT2D eigenvalue weighted by Gasteiger charge is -2.05. The van der Waals surface area contributed by atoms with Gasteiger partial charge in [-0.1, -0.05) is 17.7 Å². The molecule has 0 radical (unpaired) electrons. The first-order valence-electron chi connectivity index (χ1n) is 5.77. The number of benzene rings is 2. The largest absolute Gasteiger partial charge is 0.478 e. The van der Waals surface area contributed by atoms with Crippen molar-refractivity contribution in [3.05, 3.63) is 65.2 Å². The van der Waals surface area contributed by atoms with Gasteiger partial charge in [0, 0.05) is 11.3 Å². The minimum Gasteiger partial charge on any atom is -0.478 e. The fraction of sp³-hybridized carbons (Fsp3) is 0.0667. The molecular weight excluding hydrogens is 242 g/mol. The zero-order valence-electron chi connectivity index (χ0n) is 10.4. The van der Waals surface area contributed by atoms with Crippen LogP contribution in [0.4, 0.5) is 5.69 Å². The van der Waals surface area contributed by atoms with Crippen LogP contribution in [-0.4, -0.2) is 17.0 Å². The van der Waals surface area contributed by atoms with Crippen molar-refractivity contribution < 1.29 is 14.7 Å². The zero-order valence-corrected chi connectivity index (χ0v) is 10.4. The molecule has 19 heavy (non-hydrogen) atoms. The minimum absolute atomic E-state index is 0.188. The third-order valence-corrected chi connectivity index (χ3v) is 2.70. The molecule has 2 aromatic carbocycles. The minimum atomic E-state index is -0.989. The van der Waals surface area contributed by atoms with Gasteiger partial charge < -0.3 is 10.4 Å². The first kappa shape index (κ1) is 12.8. The Morgan fingerprint density at radius 1 is 0.895 bits per heavy atom. The number of carbonyl (C=O) groups is 2. The Morgan fingerprint density at radius 2 is 1.42 bits per heavy atom. The van der Waals surface area contributed by atoms with Crippen molar-refractivity contribution in [2.24, 2.45) is 0 Å². The van der Waals surface area contributed by atoms with Gasteiger partial charge in [-0.25, -0.2) is 4.79 Å². The van der Waals surface area contributed by atoms with Crippen molar-refractivity contribution in [1.29, 1.82) is 0 Å². The van der Waals surface area contributed by atoms with Crippen molar-refractivity contribution in [3.63, 3.8) is 0 Å². The van der Waals surface area contributed by atoms with Gasteiger partial charge in [-0.3, -0.25) is 4.79 Å². The average Bonchev–Trinajstić information content (AvgIpc) is 2.40. The van der Waals surface area contributed by atoms with E-state index in [9.17, 15) is 9.59 Å². The number of rotatable bonds is 3. The van der Waals surface area contributed by atoms with Crippen LogP contribution in [0.2, 0.25) is 0 Å². The van der Waals surface area contributed by atoms with Crippen LogP contribution in [0.25, 0.3) is 0 Å². The maximum atomic E-state index is 11.9. The van der Waals surface area contributed by atoms with Crippen LogP contribution in [-0.2, 0) is 0 Å². The number of nitrogens with one attached hydrogen (secondary N) is 1. The molecule has 0 aliphatic heterocycles. The number of anilines is 1. The maximum Gasteiger partial charge on any atom is 0.335 e. The van der Waals surface area contributed by atoms with Gasteiger partial charge in [-0.05, 0) is 43.3 Å². The predicted octanol–water partition coefficient (Wildman–Crippen LogP) is 2.95. The van der Waals surface area contributed by atoms with E-state index in [0.29, 0.717) is 11.3 Å². The van der Waals surface area contributed by atoms with E-state index in [1.807, 2.05) is 19.1 Å². The summed E-state index contributed by atoms with van der Waals surface area (Å²) in [6.45, 7) is 1.95. The lowest BCUT2D eigenvalue weighted by Crippen LogP contribution is -2.11. The number of hydrogen-bond donors (Lipinski definition) is 2. The van der Waals surface area contributed by atoms with Crippen LogP contribution in [0, 0.1) is 6.92 Å². The molecular formula is C15H13NO3. The maximum absolute atomic E-state index is 11.9. The molecule has 4 nitrogen and oxygen atoms in total. The van der Waals surface area contributed by atoms with Crippen LogP contribution in [0.5, 0.6) is 0 Å². The van der Waals surface area contributed by atoms with Gasteiger partial charge in [0.25, 0.3) is 5.91 Å². The monoisotopic (exact) mass is 255 g/mol. The first-order valence-corrected chi connectivity index (χ1v) is 5.77. The van der Waals surface area contributed by atoms with Gasteiger partial charge in [-0.2, -0.15) is 0 Å². The quantitative estimate of drug-likeness (QED) is 0.886. The summed E-state index contributed by atoms with van der Waals surface area (Å²) in [6.07, 6.45) is 0. The number of hydrogen-bond acceptors (Lipinski definition) is 2. The molecule has 0 bridgehead atoms. The molecule has 0 aliphatic rings. The van der Waals surface area contributed by atoms with E-state index < -0.39 is 5.97 Å². The van der Waals surface area contributed by atoms with Crippen molar-refractivity contribution in [2.75, 3.05) is 5.32 Å². The second-order valence-electron chi connectivity index (χ2n) is 4.20. The number of amides is 1. The van der Waals surface area contributed by atoms with Crippen molar-refractivity contribution in [2.45, 2.75) is 6.92 Å². The van der Waals surface area contributed by atoms with Crippen molar-refractivity contribution in [1.82, 2.24) is 0 Å². The Labute approximate surface area is 110 Å². The number of carbonyl (C=O) groups excluding carboxylic acids is 1. The molecule has 0 saturated carbocycles. The third-order valence-electron chi connectivity index (χ3n) is 2.70. The first-order chi connectivity index (χ1) is 9.06. The summed E-state index contributed by atoms with van der Waals surface area (Å²) < 4.78 is 0. The van der Waals surface area contributed by atoms with E-state index >= 15 is 0 Å². The summed E-state index contributed by atoms with van der Waals surface area (Å²) in [5.41, 5.74) is 2.40. The molecule has 0 spiro atoms. The highest BCUT2D eigenvalue weighted by atomic mass is 16.4. The van der Waals surface area contributed by atoms with Crippen molar-refractivity contribution >= 4 is 17.6 Å². The Bertz CT molecular complexity index is 600. The highest BCUT2D eigenvalue weighted by Gasteiger charge is 2.06. The van der Waals surface area contributed by atoms with Gasteiger partial charge in [0.2, 0.25) is 0 Å². The van der Waals surface area contributed by atoms with E-state index in [1.54, 1.807) is 24.3 Å². The van der Waals surface area contributed by atoms with Crippen LogP contribution in [0.1, 0.15) is 26.3 Å². The van der Waals surface area contributed by atoms with Gasteiger partial charge in [0.15, 0.2) is 0 Å². The molecule has 0 aliphatic carbocycles. The number of aromatic carboxylic acids is 1. The fourth-order valence-corrected chi connectivity index (χ4v) is 1.60. The van der Waals surface area contributed by atoms with Crippen LogP contribution < -0.4 is 5.32 Å². The molecule has 2 N–H and O–H groups in total. The summed E-state index contributed by atoms with van der Waals surface area (Å²) in [4.78, 5) is 22.6. The molecule has 0 fully saturated rings. The third kappa shape index (κ3) is 3.19. The SMILES string of the molecule is Cc1ccc(C(=O)Nc2ccc(C(=O)O)cc2)cc1. The van der Waals surface area contributed by atoms with E-state index in [1.165, 1.54) is 12.1 Å². The summed E-state index contributed by atoms with van der Waals surface area (Å²) >= 11 is 0. The molecule has 0 atom stereocenters. The molecule has 96 valence electrons. The second kappa shape index (κ2) is 5.35. The second-order valence-corrected chi connectivity index (χ2v) is 4.20. The molecule has 1 amide bonds. The molecule has 0 unspecified atom stereocenters. The van der Waals surface area contributed by atoms with Crippen LogP contribution in [0.3, 0.4) is 0 Å². The Morgan fingerprint density at radius 3 is 1.95 bits per heavy atom. The molecule has 0 aromatic heterocycles. The summed E-state index contributed by atoms with van der Waals surface area (Å²) in [5.74, 6) is -1.21. The Hall–Kier alpha value is -2.62. The Balaban J connectivity index is 2.10. The summed E-state index contributed by atoms with van der Waals surface area (Å²) in [7, 11) is 0. The van der Waals surface area contributed by atoms with E-state index in [-0.39, 0.29) is 11.5 Å². The summed E-state index contributed by atoms with van der Waals surface area (Å²) in [6, 6.07) is 13.3. The zero-order chi connectivity index (χ0) is 13.8. The topological polar surface area (TPSA) is 66.4 Å². The molecule has 0 saturated heterocycles. The lowest BCUT2D eigenvalue weighted by atomic mass is 10.1. The van der Waals surface area contributed by atoms with Crippen LogP contribution in [0.15, 0.2) is 48.5 Å². The molecule has 4 heteroatoms. The highest BCUT2D eigenvalue weighted by molar-refractivity contribution is 6.04. The predicted molar refractivity (Wildman–Crippen MR) is 72.5 cm³/mol. The smallest absolute Gasteiger partial charge is 0.335 e. The highest BCUT2D eigenvalue weighted by Crippen LogP contribution is 2.12. The average molecular weight is 255 g/mol. The van der Waals surface area contributed by atoms with E-state index in [0.717, 1.165) is 5.56 Å². The van der Waals surface area contributed by atoms with Gasteiger partial charge in [0.1, 0.15) is 0 Å². The molecule has 2 rings (SSSR count). The summed E-state index contributed by atoms with van der Waals surface area (Å²) in [5, 5.41) is 11.5. The standard InChI is InChI=1S/C15H13NO3/c1-10-2-4-11(5-3-10)14(17)16-13-8-6-12(7-9-13)15(18)19/h2-9H,1H3,(H,16,17)(H,18,19). The van der Waals surface area contributed by atoms with E-state index in [2.05, 4.69) is 5.32 Å².